The lowest BCUT2D eigenvalue weighted by molar-refractivity contribution is 0.153. The Hall–Kier alpha value is -0.280. The summed E-state index contributed by atoms with van der Waals surface area (Å²) in [6, 6.07) is 4.58. The Bertz CT molecular complexity index is 281. The van der Waals surface area contributed by atoms with Gasteiger partial charge >= 0.3 is 0 Å². The third kappa shape index (κ3) is 2.85. The van der Waals surface area contributed by atoms with Crippen LogP contribution in [0.2, 0.25) is 10.0 Å². The van der Waals surface area contributed by atoms with E-state index in [-0.39, 0.29) is 6.04 Å². The number of hydrogen-bond donors (Lipinski definition) is 2. The number of benzene rings is 1. The second-order valence-corrected chi connectivity index (χ2v) is 3.88. The first kappa shape index (κ1) is 10.8. The first-order valence-electron chi connectivity index (χ1n) is 3.90. The molecule has 0 aliphatic heterocycles. The summed E-state index contributed by atoms with van der Waals surface area (Å²) in [6.07, 6.45) is -0.726. The molecular formula is C9H11Cl2NO. The maximum atomic E-state index is 9.60. The molecule has 4 heteroatoms. The number of rotatable bonds is 2. The molecule has 0 radical (unpaired) electrons. The summed E-state index contributed by atoms with van der Waals surface area (Å²) in [5.41, 5.74) is 6.18. The predicted octanol–water partition coefficient (Wildman–Crippen LogP) is 2.37. The van der Waals surface area contributed by atoms with E-state index in [4.69, 9.17) is 28.9 Å². The fraction of sp³-hybridized carbons (Fsp3) is 0.333. The van der Waals surface area contributed by atoms with E-state index in [1.165, 1.54) is 0 Å². The largest absolute Gasteiger partial charge is 0.387 e. The van der Waals surface area contributed by atoms with Gasteiger partial charge in [-0.1, -0.05) is 23.2 Å². The molecule has 0 bridgehead atoms. The van der Waals surface area contributed by atoms with Crippen LogP contribution in [-0.2, 0) is 0 Å². The van der Waals surface area contributed by atoms with E-state index in [1.54, 1.807) is 25.1 Å². The van der Waals surface area contributed by atoms with E-state index < -0.39 is 6.10 Å². The van der Waals surface area contributed by atoms with E-state index in [9.17, 15) is 5.11 Å². The Kier molecular flexibility index (Phi) is 3.56. The van der Waals surface area contributed by atoms with Crippen molar-refractivity contribution in [1.29, 1.82) is 0 Å². The van der Waals surface area contributed by atoms with Gasteiger partial charge in [-0.05, 0) is 30.7 Å². The minimum Gasteiger partial charge on any atom is -0.387 e. The van der Waals surface area contributed by atoms with Gasteiger partial charge in [0.05, 0.1) is 6.10 Å². The molecule has 0 fully saturated rings. The van der Waals surface area contributed by atoms with Crippen molar-refractivity contribution in [3.05, 3.63) is 33.8 Å². The summed E-state index contributed by atoms with van der Waals surface area (Å²) in [5, 5.41) is 10.6. The van der Waals surface area contributed by atoms with Crippen molar-refractivity contribution >= 4 is 23.2 Å². The second kappa shape index (κ2) is 4.29. The second-order valence-electron chi connectivity index (χ2n) is 3.01. The van der Waals surface area contributed by atoms with Gasteiger partial charge in [0.15, 0.2) is 0 Å². The van der Waals surface area contributed by atoms with Crippen LogP contribution in [0.25, 0.3) is 0 Å². The standard InChI is InChI=1S/C9H11Cl2NO/c1-5(12)9(13)6-2-7(10)4-8(11)3-6/h2-5,9,13H,12H2,1H3/t5-,9-/m1/s1. The van der Waals surface area contributed by atoms with Gasteiger partial charge in [-0.3, -0.25) is 0 Å². The normalized spacial score (nSPS) is 15.5. The number of aliphatic hydroxyl groups excluding tert-OH is 1. The van der Waals surface area contributed by atoms with Crippen LogP contribution < -0.4 is 5.73 Å². The third-order valence-electron chi connectivity index (χ3n) is 1.72. The number of halogens is 2. The van der Waals surface area contributed by atoms with Crippen LogP contribution in [-0.4, -0.2) is 11.1 Å². The molecule has 0 spiro atoms. The van der Waals surface area contributed by atoms with E-state index in [0.29, 0.717) is 15.6 Å². The minimum atomic E-state index is -0.726. The average molecular weight is 220 g/mol. The summed E-state index contributed by atoms with van der Waals surface area (Å²) in [4.78, 5) is 0. The molecule has 72 valence electrons. The van der Waals surface area contributed by atoms with Crippen molar-refractivity contribution in [2.45, 2.75) is 19.1 Å². The first-order chi connectivity index (χ1) is 6.00. The Labute approximate surface area is 87.3 Å². The fourth-order valence-electron chi connectivity index (χ4n) is 1.05. The maximum absolute atomic E-state index is 9.60. The van der Waals surface area contributed by atoms with Gasteiger partial charge < -0.3 is 10.8 Å². The molecule has 2 atom stereocenters. The van der Waals surface area contributed by atoms with Crippen LogP contribution in [0.15, 0.2) is 18.2 Å². The molecule has 1 aromatic rings. The lowest BCUT2D eigenvalue weighted by Gasteiger charge is -2.15. The van der Waals surface area contributed by atoms with E-state index in [0.717, 1.165) is 0 Å². The zero-order valence-corrected chi connectivity index (χ0v) is 8.68. The highest BCUT2D eigenvalue weighted by atomic mass is 35.5. The van der Waals surface area contributed by atoms with Gasteiger partial charge in [0, 0.05) is 16.1 Å². The highest BCUT2D eigenvalue weighted by Gasteiger charge is 2.13. The molecule has 0 saturated carbocycles. The van der Waals surface area contributed by atoms with E-state index in [1.807, 2.05) is 0 Å². The summed E-state index contributed by atoms with van der Waals surface area (Å²) >= 11 is 11.5. The lowest BCUT2D eigenvalue weighted by Crippen LogP contribution is -2.24. The molecule has 0 amide bonds. The molecule has 13 heavy (non-hydrogen) atoms. The average Bonchev–Trinajstić information content (AvgIpc) is 2.01. The summed E-state index contributed by atoms with van der Waals surface area (Å²) in [5.74, 6) is 0. The SMILES string of the molecule is C[C@@H](N)[C@@H](O)c1cc(Cl)cc(Cl)c1. The number of hydrogen-bond acceptors (Lipinski definition) is 2. The Morgan fingerprint density at radius 1 is 1.23 bits per heavy atom. The molecule has 1 rings (SSSR count). The molecule has 0 aromatic heterocycles. The quantitative estimate of drug-likeness (QED) is 0.803. The van der Waals surface area contributed by atoms with Crippen molar-refractivity contribution in [1.82, 2.24) is 0 Å². The van der Waals surface area contributed by atoms with E-state index in [2.05, 4.69) is 0 Å². The van der Waals surface area contributed by atoms with Gasteiger partial charge in [-0.25, -0.2) is 0 Å². The van der Waals surface area contributed by atoms with Crippen LogP contribution in [0.5, 0.6) is 0 Å². The highest BCUT2D eigenvalue weighted by Crippen LogP contribution is 2.24. The Balaban J connectivity index is 3.01. The van der Waals surface area contributed by atoms with Gasteiger partial charge in [0.2, 0.25) is 0 Å². The van der Waals surface area contributed by atoms with Crippen molar-refractivity contribution < 1.29 is 5.11 Å². The smallest absolute Gasteiger partial charge is 0.0939 e. The molecule has 0 saturated heterocycles. The Morgan fingerprint density at radius 2 is 1.69 bits per heavy atom. The maximum Gasteiger partial charge on any atom is 0.0939 e. The van der Waals surface area contributed by atoms with Crippen LogP contribution in [0, 0.1) is 0 Å². The molecule has 1 aromatic carbocycles. The zero-order chi connectivity index (χ0) is 10.0. The molecule has 2 nitrogen and oxygen atoms in total. The molecule has 0 heterocycles. The van der Waals surface area contributed by atoms with Gasteiger partial charge in [0.25, 0.3) is 0 Å². The molecule has 0 unspecified atom stereocenters. The molecular weight excluding hydrogens is 209 g/mol. The van der Waals surface area contributed by atoms with Crippen LogP contribution in [0.1, 0.15) is 18.6 Å². The summed E-state index contributed by atoms with van der Waals surface area (Å²) in [7, 11) is 0. The summed E-state index contributed by atoms with van der Waals surface area (Å²) in [6.45, 7) is 1.72. The first-order valence-corrected chi connectivity index (χ1v) is 4.66. The monoisotopic (exact) mass is 219 g/mol. The van der Waals surface area contributed by atoms with Gasteiger partial charge in [-0.15, -0.1) is 0 Å². The fourth-order valence-corrected chi connectivity index (χ4v) is 1.59. The zero-order valence-electron chi connectivity index (χ0n) is 7.17. The van der Waals surface area contributed by atoms with Crippen molar-refractivity contribution in [3.8, 4) is 0 Å². The van der Waals surface area contributed by atoms with Crippen molar-refractivity contribution in [2.24, 2.45) is 5.73 Å². The van der Waals surface area contributed by atoms with Crippen molar-refractivity contribution in [2.75, 3.05) is 0 Å². The van der Waals surface area contributed by atoms with Crippen LogP contribution in [0.3, 0.4) is 0 Å². The number of aliphatic hydroxyl groups is 1. The predicted molar refractivity (Wildman–Crippen MR) is 55.1 cm³/mol. The summed E-state index contributed by atoms with van der Waals surface area (Å²) < 4.78 is 0. The molecule has 0 aliphatic carbocycles. The lowest BCUT2D eigenvalue weighted by atomic mass is 10.0. The Morgan fingerprint density at radius 3 is 2.08 bits per heavy atom. The highest BCUT2D eigenvalue weighted by molar-refractivity contribution is 6.34. The molecule has 3 N–H and O–H groups in total. The van der Waals surface area contributed by atoms with Crippen LogP contribution >= 0.6 is 23.2 Å². The van der Waals surface area contributed by atoms with Crippen LogP contribution in [0.4, 0.5) is 0 Å². The van der Waals surface area contributed by atoms with Gasteiger partial charge in [0.1, 0.15) is 0 Å². The number of nitrogens with two attached hydrogens (primary N) is 1. The van der Waals surface area contributed by atoms with Crippen molar-refractivity contribution in [3.63, 3.8) is 0 Å². The third-order valence-corrected chi connectivity index (χ3v) is 2.16. The van der Waals surface area contributed by atoms with Gasteiger partial charge in [-0.2, -0.15) is 0 Å². The topological polar surface area (TPSA) is 46.2 Å². The molecule has 0 aliphatic rings. The minimum absolute atomic E-state index is 0.338. The van der Waals surface area contributed by atoms with E-state index >= 15 is 0 Å².